The first-order valence-electron chi connectivity index (χ1n) is 12.0. The number of benzene rings is 3. The third-order valence-corrected chi connectivity index (χ3v) is 9.50. The van der Waals surface area contributed by atoms with Crippen LogP contribution in [0.3, 0.4) is 0 Å². The molecule has 0 aromatic heterocycles. The number of sulfonamides is 1. The molecule has 5 N–H and O–H groups in total. The van der Waals surface area contributed by atoms with Crippen LogP contribution in [-0.4, -0.2) is 38.9 Å². The van der Waals surface area contributed by atoms with Crippen LogP contribution in [0.4, 0.5) is 0 Å². The number of aryl methyl sites for hydroxylation is 1. The van der Waals surface area contributed by atoms with E-state index in [1.807, 2.05) is 37.3 Å². The number of fused-ring (bicyclic) bond motifs is 2. The minimum absolute atomic E-state index is 0. The highest BCUT2D eigenvalue weighted by Gasteiger charge is 2.29. The molecular formula is C29H40Br2N4O2S. The van der Waals surface area contributed by atoms with Gasteiger partial charge in [-0.1, -0.05) is 76.5 Å². The van der Waals surface area contributed by atoms with Crippen LogP contribution in [0, 0.1) is 6.92 Å². The summed E-state index contributed by atoms with van der Waals surface area (Å²) in [6.45, 7) is 4.58. The largest absolute Gasteiger partial charge is 0.323 e. The Hall–Kier alpha value is -1.59. The molecule has 0 radical (unpaired) electrons. The Morgan fingerprint density at radius 1 is 0.842 bits per heavy atom. The van der Waals surface area contributed by atoms with E-state index in [1.54, 1.807) is 12.1 Å². The summed E-state index contributed by atoms with van der Waals surface area (Å²) in [5.74, 6) is 0. The van der Waals surface area contributed by atoms with E-state index < -0.39 is 10.0 Å². The van der Waals surface area contributed by atoms with E-state index in [4.69, 9.17) is 11.5 Å². The molecule has 6 nitrogen and oxygen atoms in total. The maximum absolute atomic E-state index is 12.9. The summed E-state index contributed by atoms with van der Waals surface area (Å²) >= 11 is 6.94. The number of nitrogens with one attached hydrogen (secondary N) is 1. The van der Waals surface area contributed by atoms with Crippen molar-refractivity contribution < 1.29 is 8.42 Å². The van der Waals surface area contributed by atoms with Crippen LogP contribution in [0.25, 0.3) is 0 Å². The maximum Gasteiger partial charge on any atom is 0.243 e. The lowest BCUT2D eigenvalue weighted by molar-refractivity contribution is 0.401. The Balaban J connectivity index is 0.000000289. The van der Waals surface area contributed by atoms with Crippen molar-refractivity contribution >= 4 is 41.9 Å². The van der Waals surface area contributed by atoms with Gasteiger partial charge in [0.1, 0.15) is 0 Å². The summed E-state index contributed by atoms with van der Waals surface area (Å²) in [7, 11) is -3.52. The minimum Gasteiger partial charge on any atom is -0.323 e. The lowest BCUT2D eigenvalue weighted by atomic mass is 10.0. The van der Waals surface area contributed by atoms with E-state index >= 15 is 0 Å². The molecule has 2 aliphatic rings. The van der Waals surface area contributed by atoms with Crippen molar-refractivity contribution in [3.8, 4) is 0 Å². The van der Waals surface area contributed by atoms with Gasteiger partial charge in [-0.05, 0) is 85.0 Å². The monoisotopic (exact) mass is 666 g/mol. The van der Waals surface area contributed by atoms with Gasteiger partial charge in [-0.25, -0.2) is 8.42 Å². The molecule has 0 aliphatic carbocycles. The fourth-order valence-corrected chi connectivity index (χ4v) is 6.91. The molecule has 0 saturated heterocycles. The number of rotatable bonds is 2. The predicted molar refractivity (Wildman–Crippen MR) is 166 cm³/mol. The van der Waals surface area contributed by atoms with E-state index in [0.717, 1.165) is 45.1 Å². The summed E-state index contributed by atoms with van der Waals surface area (Å²) < 4.78 is 29.4. The van der Waals surface area contributed by atoms with Gasteiger partial charge in [0, 0.05) is 40.7 Å². The van der Waals surface area contributed by atoms with Crippen molar-refractivity contribution in [2.75, 3.05) is 26.2 Å². The van der Waals surface area contributed by atoms with Crippen molar-refractivity contribution in [3.63, 3.8) is 0 Å². The Bertz CT molecular complexity index is 1320. The number of nitrogens with zero attached hydrogens (tertiary/aromatic N) is 1. The number of nitrogens with two attached hydrogens (primary N) is 2. The Morgan fingerprint density at radius 3 is 2.00 bits per heavy atom. The Kier molecular flexibility index (Phi) is 12.2. The van der Waals surface area contributed by atoms with Crippen molar-refractivity contribution in [2.45, 2.75) is 51.6 Å². The average molecular weight is 669 g/mol. The molecule has 2 heterocycles. The molecule has 5 rings (SSSR count). The van der Waals surface area contributed by atoms with E-state index in [0.29, 0.717) is 24.4 Å². The molecule has 2 atom stereocenters. The molecule has 0 fully saturated rings. The summed E-state index contributed by atoms with van der Waals surface area (Å²) in [5.41, 5.74) is 18.1. The Morgan fingerprint density at radius 2 is 1.39 bits per heavy atom. The number of hydrogen-bond acceptors (Lipinski definition) is 5. The van der Waals surface area contributed by atoms with Crippen LogP contribution in [-0.2, 0) is 22.9 Å². The Labute approximate surface area is 245 Å². The highest BCUT2D eigenvalue weighted by Crippen LogP contribution is 2.28. The van der Waals surface area contributed by atoms with Gasteiger partial charge in [-0.15, -0.1) is 0 Å². The van der Waals surface area contributed by atoms with Crippen LogP contribution in [0.1, 0.15) is 54.8 Å². The summed E-state index contributed by atoms with van der Waals surface area (Å²) in [4.78, 5) is 0.322. The molecule has 38 heavy (non-hydrogen) atoms. The van der Waals surface area contributed by atoms with Crippen molar-refractivity contribution in [2.24, 2.45) is 11.5 Å². The third-order valence-electron chi connectivity index (χ3n) is 6.63. The molecule has 2 aliphatic heterocycles. The topological polar surface area (TPSA) is 101 Å². The number of hydrogen-bond donors (Lipinski definition) is 3. The van der Waals surface area contributed by atoms with Crippen LogP contribution in [0.5, 0.6) is 0 Å². The standard InChI is InChI=1S/C17H19BrN2O2S.C10H13BrN2.2CH4/c1-12-2-5-15(6-3-12)23(21,22)20-9-8-13-10-14(18)4-7-16(13)17(19)11-20;11-8-1-2-9-7(5-8)3-4-13-6-10(9)12;;/h2-7,10,17H,8-9,11,19H2,1H3;1-2,5,10,13H,3-4,6,12H2;2*1H4. The average Bonchev–Trinajstić information content (AvgIpc) is 3.13. The molecular weight excluding hydrogens is 628 g/mol. The molecule has 2 unspecified atom stereocenters. The molecule has 9 heteroatoms. The van der Waals surface area contributed by atoms with E-state index in [-0.39, 0.29) is 26.9 Å². The van der Waals surface area contributed by atoms with Crippen LogP contribution < -0.4 is 16.8 Å². The summed E-state index contributed by atoms with van der Waals surface area (Å²) in [6.07, 6.45) is 1.73. The normalized spacial score (nSPS) is 19.2. The first-order chi connectivity index (χ1) is 17.1. The first-order valence-corrected chi connectivity index (χ1v) is 15.0. The summed E-state index contributed by atoms with van der Waals surface area (Å²) in [6, 6.07) is 19.1. The van der Waals surface area contributed by atoms with Gasteiger partial charge in [-0.2, -0.15) is 4.31 Å². The zero-order valence-corrected chi connectivity index (χ0v) is 24.2. The zero-order chi connectivity index (χ0) is 25.9. The molecule has 3 aromatic carbocycles. The van der Waals surface area contributed by atoms with E-state index in [9.17, 15) is 8.42 Å². The predicted octanol–water partition coefficient (Wildman–Crippen LogP) is 5.87. The SMILES string of the molecule is C.C.Cc1ccc(S(=O)(=O)N2CCc3cc(Br)ccc3C(N)C2)cc1.NC1CNCCc2cc(Br)ccc21. The van der Waals surface area contributed by atoms with Gasteiger partial charge in [0.05, 0.1) is 4.90 Å². The van der Waals surface area contributed by atoms with Crippen LogP contribution in [0.2, 0.25) is 0 Å². The van der Waals surface area contributed by atoms with Crippen LogP contribution in [0.15, 0.2) is 74.5 Å². The van der Waals surface area contributed by atoms with Gasteiger partial charge >= 0.3 is 0 Å². The summed E-state index contributed by atoms with van der Waals surface area (Å²) in [5, 5.41) is 3.32. The number of halogens is 2. The molecule has 0 spiro atoms. The zero-order valence-electron chi connectivity index (χ0n) is 20.3. The highest BCUT2D eigenvalue weighted by atomic mass is 79.9. The van der Waals surface area contributed by atoms with Crippen molar-refractivity contribution in [3.05, 3.63) is 97.4 Å². The van der Waals surface area contributed by atoms with E-state index in [2.05, 4.69) is 55.4 Å². The first kappa shape index (κ1) is 32.6. The smallest absolute Gasteiger partial charge is 0.243 e. The fourth-order valence-electron chi connectivity index (χ4n) is 4.63. The second-order valence-corrected chi connectivity index (χ2v) is 13.0. The van der Waals surface area contributed by atoms with Gasteiger partial charge in [-0.3, -0.25) is 0 Å². The van der Waals surface area contributed by atoms with Gasteiger partial charge in [0.2, 0.25) is 10.0 Å². The minimum atomic E-state index is -3.52. The van der Waals surface area contributed by atoms with Crippen molar-refractivity contribution in [1.29, 1.82) is 0 Å². The van der Waals surface area contributed by atoms with Crippen molar-refractivity contribution in [1.82, 2.24) is 9.62 Å². The maximum atomic E-state index is 12.9. The fraction of sp³-hybridized carbons (Fsp3) is 0.379. The quantitative estimate of drug-likeness (QED) is 0.317. The van der Waals surface area contributed by atoms with Gasteiger partial charge in [0.15, 0.2) is 0 Å². The lowest BCUT2D eigenvalue weighted by Gasteiger charge is -2.22. The molecule has 0 amide bonds. The van der Waals surface area contributed by atoms with Gasteiger partial charge in [0.25, 0.3) is 0 Å². The van der Waals surface area contributed by atoms with E-state index in [1.165, 1.54) is 15.4 Å². The van der Waals surface area contributed by atoms with Crippen LogP contribution >= 0.6 is 31.9 Å². The lowest BCUT2D eigenvalue weighted by Crippen LogP contribution is -2.36. The molecule has 0 saturated carbocycles. The highest BCUT2D eigenvalue weighted by molar-refractivity contribution is 9.10. The molecule has 0 bridgehead atoms. The second-order valence-electron chi connectivity index (χ2n) is 9.28. The second kappa shape index (κ2) is 14.2. The molecule has 208 valence electrons. The van der Waals surface area contributed by atoms with Gasteiger partial charge < -0.3 is 16.8 Å². The molecule has 3 aromatic rings. The third kappa shape index (κ3) is 7.75.